The first kappa shape index (κ1) is 28.2. The van der Waals surface area contributed by atoms with Crippen LogP contribution in [0.5, 0.6) is 0 Å². The lowest BCUT2D eigenvalue weighted by Crippen LogP contribution is -2.55. The molecule has 2 aromatic carbocycles. The molecule has 3 atom stereocenters. The van der Waals surface area contributed by atoms with E-state index in [4.69, 9.17) is 39.5 Å². The molecule has 0 bridgehead atoms. The van der Waals surface area contributed by atoms with E-state index in [2.05, 4.69) is 16.3 Å². The van der Waals surface area contributed by atoms with Gasteiger partial charge in [-0.05, 0) is 68.6 Å². The summed E-state index contributed by atoms with van der Waals surface area (Å²) in [5.74, 6) is -1.12. The number of piperidine rings is 1. The van der Waals surface area contributed by atoms with Crippen LogP contribution >= 0.6 is 34.8 Å². The number of rotatable bonds is 7. The Kier molecular flexibility index (Phi) is 8.74. The first-order chi connectivity index (χ1) is 17.5. The van der Waals surface area contributed by atoms with E-state index in [0.29, 0.717) is 36.0 Å². The Bertz CT molecular complexity index is 1290. The molecular weight excluding hydrogens is 557 g/mol. The van der Waals surface area contributed by atoms with Crippen LogP contribution in [-0.2, 0) is 26.0 Å². The highest BCUT2D eigenvalue weighted by Gasteiger charge is 2.47. The Morgan fingerprint density at radius 3 is 2.38 bits per heavy atom. The molecular formula is C26H28Cl3N3O4S. The van der Waals surface area contributed by atoms with Crippen molar-refractivity contribution in [1.29, 1.82) is 5.26 Å². The number of hydrogen-bond donors (Lipinski definition) is 1. The van der Waals surface area contributed by atoms with Gasteiger partial charge in [-0.1, -0.05) is 46.9 Å². The summed E-state index contributed by atoms with van der Waals surface area (Å²) in [6.45, 7) is 1.55. The third-order valence-corrected chi connectivity index (χ3v) is 10.4. The van der Waals surface area contributed by atoms with Crippen molar-refractivity contribution in [3.05, 3.63) is 63.1 Å². The topological polar surface area (TPSA) is 99.5 Å². The first-order valence-electron chi connectivity index (χ1n) is 12.0. The lowest BCUT2D eigenvalue weighted by molar-refractivity contribution is -0.131. The highest BCUT2D eigenvalue weighted by molar-refractivity contribution is 7.92. The minimum atomic E-state index is -3.87. The Balaban J connectivity index is 1.57. The zero-order valence-corrected chi connectivity index (χ0v) is 23.4. The summed E-state index contributed by atoms with van der Waals surface area (Å²) >= 11 is 18.2. The Hall–Kier alpha value is -1.86. The van der Waals surface area contributed by atoms with E-state index < -0.39 is 32.6 Å². The van der Waals surface area contributed by atoms with Crippen molar-refractivity contribution in [2.45, 2.75) is 54.1 Å². The SMILES string of the molecule is CN1CCC(C#N)(NC(=O)C2C[C@H](S(=O)(=O)c3ccc(Cl)cc3Cl)C[C@@H]2OCc2ccc(Cl)cc2)CC1. The van der Waals surface area contributed by atoms with Crippen molar-refractivity contribution in [2.24, 2.45) is 5.92 Å². The number of amides is 1. The zero-order chi connectivity index (χ0) is 26.8. The first-order valence-corrected chi connectivity index (χ1v) is 14.7. The lowest BCUT2D eigenvalue weighted by atomic mass is 9.88. The molecule has 2 aromatic rings. The van der Waals surface area contributed by atoms with Gasteiger partial charge in [0.05, 0.1) is 39.9 Å². The molecule has 198 valence electrons. The van der Waals surface area contributed by atoms with Crippen LogP contribution in [0.25, 0.3) is 0 Å². The highest BCUT2D eigenvalue weighted by atomic mass is 35.5. The van der Waals surface area contributed by atoms with Crippen LogP contribution in [0.1, 0.15) is 31.2 Å². The fourth-order valence-corrected chi connectivity index (χ4v) is 7.64. The summed E-state index contributed by atoms with van der Waals surface area (Å²) in [5, 5.41) is 12.9. The molecule has 1 N–H and O–H groups in total. The minimum Gasteiger partial charge on any atom is -0.373 e. The molecule has 7 nitrogen and oxygen atoms in total. The number of hydrogen-bond acceptors (Lipinski definition) is 6. The molecule has 1 amide bonds. The number of nitrogens with zero attached hydrogens (tertiary/aromatic N) is 2. The Labute approximate surface area is 232 Å². The molecule has 4 rings (SSSR count). The Morgan fingerprint density at radius 2 is 1.76 bits per heavy atom. The van der Waals surface area contributed by atoms with Gasteiger partial charge in [0.15, 0.2) is 9.84 Å². The molecule has 0 spiro atoms. The Morgan fingerprint density at radius 1 is 1.11 bits per heavy atom. The third-order valence-electron chi connectivity index (χ3n) is 7.23. The predicted octanol–water partition coefficient (Wildman–Crippen LogP) is 4.89. The van der Waals surface area contributed by atoms with Crippen molar-refractivity contribution in [1.82, 2.24) is 10.2 Å². The summed E-state index contributed by atoms with van der Waals surface area (Å²) < 4.78 is 33.2. The maximum Gasteiger partial charge on any atom is 0.227 e. The summed E-state index contributed by atoms with van der Waals surface area (Å²) in [6, 6.07) is 13.7. The summed E-state index contributed by atoms with van der Waals surface area (Å²) in [4.78, 5) is 15.6. The second-order valence-electron chi connectivity index (χ2n) is 9.78. The molecule has 0 radical (unpaired) electrons. The van der Waals surface area contributed by atoms with Gasteiger partial charge in [0.2, 0.25) is 5.91 Å². The number of nitrogens with one attached hydrogen (secondary N) is 1. The van der Waals surface area contributed by atoms with Gasteiger partial charge in [-0.25, -0.2) is 8.42 Å². The van der Waals surface area contributed by atoms with Gasteiger partial charge in [-0.2, -0.15) is 5.26 Å². The molecule has 11 heteroatoms. The molecule has 1 aliphatic heterocycles. The van der Waals surface area contributed by atoms with Crippen LogP contribution in [0.2, 0.25) is 15.1 Å². The largest absolute Gasteiger partial charge is 0.373 e. The van der Waals surface area contributed by atoms with Crippen molar-refractivity contribution in [2.75, 3.05) is 20.1 Å². The lowest BCUT2D eigenvalue weighted by Gasteiger charge is -2.37. The van der Waals surface area contributed by atoms with Crippen molar-refractivity contribution < 1.29 is 17.9 Å². The van der Waals surface area contributed by atoms with Crippen LogP contribution in [-0.4, -0.2) is 56.3 Å². The number of halogens is 3. The van der Waals surface area contributed by atoms with Crippen LogP contribution in [0.15, 0.2) is 47.4 Å². The van der Waals surface area contributed by atoms with E-state index in [1.54, 1.807) is 12.1 Å². The third kappa shape index (κ3) is 6.42. The maximum absolute atomic E-state index is 13.6. The molecule has 1 unspecified atom stereocenters. The fourth-order valence-electron chi connectivity index (χ4n) is 4.93. The summed E-state index contributed by atoms with van der Waals surface area (Å²) in [6.07, 6.45) is 0.506. The monoisotopic (exact) mass is 583 g/mol. The van der Waals surface area contributed by atoms with Crippen molar-refractivity contribution in [3.8, 4) is 6.07 Å². The smallest absolute Gasteiger partial charge is 0.227 e. The van der Waals surface area contributed by atoms with E-state index in [1.165, 1.54) is 18.2 Å². The standard InChI is InChI=1S/C26H28Cl3N3O4S/c1-32-10-8-26(16-30,9-11-32)31-25(33)21-13-20(37(34,35)24-7-6-19(28)12-22(24)29)14-23(21)36-15-17-2-4-18(27)5-3-17/h2-7,12,20-21,23H,8-11,13-15H2,1H3,(H,31,33)/t20-,21?,23-/m0/s1. The van der Waals surface area contributed by atoms with Gasteiger partial charge in [-0.3, -0.25) is 4.79 Å². The van der Waals surface area contributed by atoms with Crippen molar-refractivity contribution in [3.63, 3.8) is 0 Å². The molecule has 2 aliphatic rings. The highest BCUT2D eigenvalue weighted by Crippen LogP contribution is 2.39. The van der Waals surface area contributed by atoms with Crippen LogP contribution in [0, 0.1) is 17.2 Å². The van der Waals surface area contributed by atoms with E-state index in [9.17, 15) is 18.5 Å². The fraction of sp³-hybridized carbons (Fsp3) is 0.462. The van der Waals surface area contributed by atoms with Crippen LogP contribution in [0.3, 0.4) is 0 Å². The van der Waals surface area contributed by atoms with E-state index >= 15 is 0 Å². The van der Waals surface area contributed by atoms with Gasteiger partial charge in [0, 0.05) is 23.1 Å². The van der Waals surface area contributed by atoms with E-state index in [1.807, 2.05) is 19.2 Å². The van der Waals surface area contributed by atoms with Crippen LogP contribution in [0.4, 0.5) is 0 Å². The number of carbonyl (C=O) groups excluding carboxylic acids is 1. The van der Waals surface area contributed by atoms with Gasteiger partial charge in [0.25, 0.3) is 0 Å². The summed E-state index contributed by atoms with van der Waals surface area (Å²) in [5.41, 5.74) is -0.139. The molecule has 1 saturated carbocycles. The van der Waals surface area contributed by atoms with E-state index in [0.717, 1.165) is 5.56 Å². The molecule has 1 saturated heterocycles. The molecule has 1 aliphatic carbocycles. The predicted molar refractivity (Wildman–Crippen MR) is 143 cm³/mol. The van der Waals surface area contributed by atoms with Gasteiger partial charge < -0.3 is 15.0 Å². The number of ether oxygens (including phenoxy) is 1. The number of sulfone groups is 1. The average molecular weight is 585 g/mol. The number of benzene rings is 2. The van der Waals surface area contributed by atoms with Gasteiger partial charge in [-0.15, -0.1) is 0 Å². The second-order valence-corrected chi connectivity index (χ2v) is 13.3. The number of likely N-dealkylation sites (tertiary alicyclic amines) is 1. The molecule has 2 fully saturated rings. The van der Waals surface area contributed by atoms with Crippen molar-refractivity contribution >= 4 is 50.5 Å². The normalized spacial score (nSPS) is 23.9. The quantitative estimate of drug-likeness (QED) is 0.498. The maximum atomic E-state index is 13.6. The zero-order valence-electron chi connectivity index (χ0n) is 20.3. The second kappa shape index (κ2) is 11.5. The summed E-state index contributed by atoms with van der Waals surface area (Å²) in [7, 11) is -1.90. The van der Waals surface area contributed by atoms with Gasteiger partial charge >= 0.3 is 0 Å². The van der Waals surface area contributed by atoms with Gasteiger partial charge in [0.1, 0.15) is 5.54 Å². The number of carbonyl (C=O) groups is 1. The minimum absolute atomic E-state index is 0.0233. The van der Waals surface area contributed by atoms with Crippen LogP contribution < -0.4 is 5.32 Å². The molecule has 0 aromatic heterocycles. The molecule has 37 heavy (non-hydrogen) atoms. The molecule has 1 heterocycles. The average Bonchev–Trinajstić information content (AvgIpc) is 3.30. The number of nitriles is 1. The van der Waals surface area contributed by atoms with E-state index in [-0.39, 0.29) is 35.3 Å².